The van der Waals surface area contributed by atoms with Gasteiger partial charge >= 0.3 is 0 Å². The van der Waals surface area contributed by atoms with Crippen LogP contribution in [0.25, 0.3) is 0 Å². The van der Waals surface area contributed by atoms with E-state index in [0.717, 1.165) is 0 Å². The van der Waals surface area contributed by atoms with Gasteiger partial charge in [-0.2, -0.15) is 0 Å². The highest BCUT2D eigenvalue weighted by Gasteiger charge is 2.15. The summed E-state index contributed by atoms with van der Waals surface area (Å²) in [6, 6.07) is 4.12. The van der Waals surface area contributed by atoms with Gasteiger partial charge in [0.25, 0.3) is 0 Å². The summed E-state index contributed by atoms with van der Waals surface area (Å²) < 4.78 is 0.335. The van der Waals surface area contributed by atoms with Gasteiger partial charge in [0, 0.05) is 22.0 Å². The minimum atomic E-state index is 0.335. The Morgan fingerprint density at radius 1 is 1.33 bits per heavy atom. The van der Waals surface area contributed by atoms with Gasteiger partial charge in [-0.05, 0) is 18.6 Å². The SMILES string of the molecule is CCC(C)(C)Sc1ccncc1. The molecule has 0 aliphatic rings. The van der Waals surface area contributed by atoms with Crippen LogP contribution in [0.1, 0.15) is 27.2 Å². The van der Waals surface area contributed by atoms with E-state index in [4.69, 9.17) is 0 Å². The van der Waals surface area contributed by atoms with Crippen molar-refractivity contribution in [2.45, 2.75) is 36.8 Å². The van der Waals surface area contributed by atoms with E-state index < -0.39 is 0 Å². The molecular formula is C10H15NS. The maximum absolute atomic E-state index is 3.99. The molecule has 1 aromatic heterocycles. The molecule has 0 aliphatic heterocycles. The second kappa shape index (κ2) is 3.94. The lowest BCUT2D eigenvalue weighted by atomic mass is 10.1. The standard InChI is InChI=1S/C10H15NS/c1-4-10(2,3)12-9-5-7-11-8-6-9/h5-8H,4H2,1-3H3. The third-order valence-corrected chi connectivity index (χ3v) is 3.24. The van der Waals surface area contributed by atoms with Gasteiger partial charge in [-0.1, -0.05) is 20.8 Å². The molecule has 1 rings (SSSR count). The monoisotopic (exact) mass is 181 g/mol. The molecular weight excluding hydrogens is 166 g/mol. The predicted octanol–water partition coefficient (Wildman–Crippen LogP) is 3.36. The fourth-order valence-corrected chi connectivity index (χ4v) is 1.84. The third kappa shape index (κ3) is 2.86. The third-order valence-electron chi connectivity index (χ3n) is 1.90. The lowest BCUT2D eigenvalue weighted by molar-refractivity contribution is 0.684. The van der Waals surface area contributed by atoms with Gasteiger partial charge < -0.3 is 0 Å². The van der Waals surface area contributed by atoms with Crippen molar-refractivity contribution in [1.82, 2.24) is 4.98 Å². The molecule has 66 valence electrons. The first-order valence-corrected chi connectivity index (χ1v) is 5.05. The molecule has 0 atom stereocenters. The second-order valence-corrected chi connectivity index (χ2v) is 5.18. The number of rotatable bonds is 3. The normalized spacial score (nSPS) is 11.6. The van der Waals surface area contributed by atoms with Crippen molar-refractivity contribution in [1.29, 1.82) is 0 Å². The molecule has 0 saturated carbocycles. The Labute approximate surface area is 78.6 Å². The number of hydrogen-bond acceptors (Lipinski definition) is 2. The first-order chi connectivity index (χ1) is 5.64. The van der Waals surface area contributed by atoms with Crippen molar-refractivity contribution in [2.75, 3.05) is 0 Å². The van der Waals surface area contributed by atoms with Crippen molar-refractivity contribution in [2.24, 2.45) is 0 Å². The maximum atomic E-state index is 3.99. The van der Waals surface area contributed by atoms with E-state index in [1.54, 1.807) is 0 Å². The molecule has 1 aromatic rings. The lowest BCUT2D eigenvalue weighted by Gasteiger charge is -2.21. The Morgan fingerprint density at radius 3 is 2.42 bits per heavy atom. The largest absolute Gasteiger partial charge is 0.265 e. The van der Waals surface area contributed by atoms with Gasteiger partial charge in [-0.25, -0.2) is 0 Å². The van der Waals surface area contributed by atoms with E-state index in [9.17, 15) is 0 Å². The molecule has 0 aromatic carbocycles. The molecule has 0 spiro atoms. The number of pyridine rings is 1. The highest BCUT2D eigenvalue weighted by molar-refractivity contribution is 8.00. The summed E-state index contributed by atoms with van der Waals surface area (Å²) in [5.74, 6) is 0. The predicted molar refractivity (Wildman–Crippen MR) is 54.5 cm³/mol. The molecule has 0 bridgehead atoms. The average Bonchev–Trinajstić information content (AvgIpc) is 2.06. The van der Waals surface area contributed by atoms with Gasteiger partial charge in [0.1, 0.15) is 0 Å². The summed E-state index contributed by atoms with van der Waals surface area (Å²) in [7, 11) is 0. The summed E-state index contributed by atoms with van der Waals surface area (Å²) in [6.07, 6.45) is 4.86. The van der Waals surface area contributed by atoms with Gasteiger partial charge in [0.15, 0.2) is 0 Å². The molecule has 0 unspecified atom stereocenters. The summed E-state index contributed by atoms with van der Waals surface area (Å²) in [6.45, 7) is 6.74. The molecule has 1 heterocycles. The van der Waals surface area contributed by atoms with E-state index in [0.29, 0.717) is 4.75 Å². The number of aromatic nitrogens is 1. The van der Waals surface area contributed by atoms with Crippen LogP contribution in [0.15, 0.2) is 29.4 Å². The van der Waals surface area contributed by atoms with Crippen LogP contribution in [0.3, 0.4) is 0 Å². The Bertz CT molecular complexity index is 231. The summed E-state index contributed by atoms with van der Waals surface area (Å²) in [5, 5.41) is 0. The van der Waals surface area contributed by atoms with E-state index in [2.05, 4.69) is 37.9 Å². The average molecular weight is 181 g/mol. The molecule has 0 saturated heterocycles. The van der Waals surface area contributed by atoms with E-state index >= 15 is 0 Å². The van der Waals surface area contributed by atoms with Crippen LogP contribution in [0.4, 0.5) is 0 Å². The molecule has 0 aliphatic carbocycles. The Hall–Kier alpha value is -0.500. The molecule has 0 N–H and O–H groups in total. The van der Waals surface area contributed by atoms with Crippen molar-refractivity contribution >= 4 is 11.8 Å². The number of thioether (sulfide) groups is 1. The van der Waals surface area contributed by atoms with Gasteiger partial charge in [-0.3, -0.25) is 4.98 Å². The van der Waals surface area contributed by atoms with Crippen LogP contribution in [-0.2, 0) is 0 Å². The van der Waals surface area contributed by atoms with Crippen LogP contribution >= 0.6 is 11.8 Å². The molecule has 12 heavy (non-hydrogen) atoms. The Balaban J connectivity index is 2.64. The van der Waals surface area contributed by atoms with Crippen LogP contribution in [0, 0.1) is 0 Å². The molecule has 1 nitrogen and oxygen atoms in total. The number of nitrogens with zero attached hydrogens (tertiary/aromatic N) is 1. The zero-order chi connectivity index (χ0) is 9.03. The van der Waals surface area contributed by atoms with E-state index in [1.165, 1.54) is 11.3 Å². The minimum absolute atomic E-state index is 0.335. The smallest absolute Gasteiger partial charge is 0.0278 e. The molecule has 2 heteroatoms. The van der Waals surface area contributed by atoms with E-state index in [1.807, 2.05) is 24.2 Å². The quantitative estimate of drug-likeness (QED) is 0.663. The van der Waals surface area contributed by atoms with Crippen molar-refractivity contribution < 1.29 is 0 Å². The van der Waals surface area contributed by atoms with Crippen molar-refractivity contribution in [3.63, 3.8) is 0 Å². The molecule has 0 fully saturated rings. The highest BCUT2D eigenvalue weighted by Crippen LogP contribution is 2.33. The zero-order valence-electron chi connectivity index (χ0n) is 7.87. The fraction of sp³-hybridized carbons (Fsp3) is 0.500. The first-order valence-electron chi connectivity index (χ1n) is 4.23. The Kier molecular flexibility index (Phi) is 3.15. The fourth-order valence-electron chi connectivity index (χ4n) is 0.797. The van der Waals surface area contributed by atoms with E-state index in [-0.39, 0.29) is 0 Å². The summed E-state index contributed by atoms with van der Waals surface area (Å²) in [4.78, 5) is 5.29. The minimum Gasteiger partial charge on any atom is -0.265 e. The van der Waals surface area contributed by atoms with Crippen LogP contribution in [0.2, 0.25) is 0 Å². The van der Waals surface area contributed by atoms with Crippen LogP contribution in [0.5, 0.6) is 0 Å². The van der Waals surface area contributed by atoms with Gasteiger partial charge in [0.2, 0.25) is 0 Å². The topological polar surface area (TPSA) is 12.9 Å². The highest BCUT2D eigenvalue weighted by atomic mass is 32.2. The van der Waals surface area contributed by atoms with Gasteiger partial charge in [-0.15, -0.1) is 11.8 Å². The lowest BCUT2D eigenvalue weighted by Crippen LogP contribution is -2.11. The summed E-state index contributed by atoms with van der Waals surface area (Å²) >= 11 is 1.91. The molecule has 0 radical (unpaired) electrons. The van der Waals surface area contributed by atoms with Crippen molar-refractivity contribution in [3.05, 3.63) is 24.5 Å². The van der Waals surface area contributed by atoms with Crippen LogP contribution in [-0.4, -0.2) is 9.73 Å². The van der Waals surface area contributed by atoms with Gasteiger partial charge in [0.05, 0.1) is 0 Å². The first kappa shape index (κ1) is 9.59. The summed E-state index contributed by atoms with van der Waals surface area (Å²) in [5.41, 5.74) is 0. The zero-order valence-corrected chi connectivity index (χ0v) is 8.69. The second-order valence-electron chi connectivity index (χ2n) is 3.40. The van der Waals surface area contributed by atoms with Crippen molar-refractivity contribution in [3.8, 4) is 0 Å². The maximum Gasteiger partial charge on any atom is 0.0278 e. The molecule has 0 amide bonds. The Morgan fingerprint density at radius 2 is 1.92 bits per heavy atom. The van der Waals surface area contributed by atoms with Crippen LogP contribution < -0.4 is 0 Å². The number of hydrogen-bond donors (Lipinski definition) is 0.